The summed E-state index contributed by atoms with van der Waals surface area (Å²) < 4.78 is 52.6. The van der Waals surface area contributed by atoms with Gasteiger partial charge in [0.25, 0.3) is 0 Å². The van der Waals surface area contributed by atoms with Gasteiger partial charge in [-0.15, -0.1) is 24.0 Å². The highest BCUT2D eigenvalue weighted by molar-refractivity contribution is 14.0. The summed E-state index contributed by atoms with van der Waals surface area (Å²) >= 11 is 0. The average molecular weight is 545 g/mol. The summed E-state index contributed by atoms with van der Waals surface area (Å²) in [5.74, 6) is 0.965. The number of nitrogens with zero attached hydrogens (tertiary/aromatic N) is 2. The number of nitrogens with one attached hydrogen (secondary N) is 1. The van der Waals surface area contributed by atoms with Gasteiger partial charge >= 0.3 is 6.18 Å². The van der Waals surface area contributed by atoms with E-state index in [-0.39, 0.29) is 35.8 Å². The second kappa shape index (κ2) is 13.9. The Balaban J connectivity index is 0.00000450. The summed E-state index contributed by atoms with van der Waals surface area (Å²) in [7, 11) is 3.40. The lowest BCUT2D eigenvalue weighted by Crippen LogP contribution is -2.46. The summed E-state index contributed by atoms with van der Waals surface area (Å²) in [4.78, 5) is 6.49. The molecular formula is C20H31F3IN3O3. The molecule has 0 amide bonds. The minimum atomic E-state index is -4.35. The quantitative estimate of drug-likeness (QED) is 0.221. The van der Waals surface area contributed by atoms with Crippen LogP contribution in [0.15, 0.2) is 29.3 Å². The molecule has 6 nitrogen and oxygen atoms in total. The van der Waals surface area contributed by atoms with Crippen LogP contribution in [0.5, 0.6) is 5.75 Å². The number of piperidine rings is 1. The molecule has 1 heterocycles. The van der Waals surface area contributed by atoms with Crippen LogP contribution in [0.4, 0.5) is 13.2 Å². The van der Waals surface area contributed by atoms with Crippen LogP contribution in [0.2, 0.25) is 0 Å². The summed E-state index contributed by atoms with van der Waals surface area (Å²) in [6.07, 6.45) is -1.35. The molecule has 1 N–H and O–H groups in total. The van der Waals surface area contributed by atoms with Gasteiger partial charge in [0.2, 0.25) is 0 Å². The number of benzene rings is 1. The van der Waals surface area contributed by atoms with E-state index in [1.165, 1.54) is 6.07 Å². The Morgan fingerprint density at radius 3 is 2.60 bits per heavy atom. The normalized spacial score (nSPS) is 15.6. The van der Waals surface area contributed by atoms with Crippen molar-refractivity contribution < 1.29 is 27.4 Å². The Labute approximate surface area is 193 Å². The Kier molecular flexibility index (Phi) is 12.4. The number of hydrogen-bond donors (Lipinski definition) is 1. The smallest absolute Gasteiger partial charge is 0.422 e. The molecule has 1 aromatic rings. The Bertz CT molecular complexity index is 639. The van der Waals surface area contributed by atoms with Crippen molar-refractivity contribution >= 4 is 29.9 Å². The summed E-state index contributed by atoms with van der Waals surface area (Å²) in [5, 5.41) is 3.27. The molecule has 0 atom stereocenters. The second-order valence-corrected chi connectivity index (χ2v) is 6.86. The number of aliphatic imine (C=N–C) groups is 1. The van der Waals surface area contributed by atoms with E-state index in [1.807, 2.05) is 6.07 Å². The lowest BCUT2D eigenvalue weighted by atomic mass is 10.1. The van der Waals surface area contributed by atoms with Crippen LogP contribution in [-0.2, 0) is 16.0 Å². The molecule has 0 radical (unpaired) electrons. The third kappa shape index (κ3) is 10.2. The molecule has 1 saturated heterocycles. The van der Waals surface area contributed by atoms with Gasteiger partial charge in [-0.3, -0.25) is 4.99 Å². The fraction of sp³-hybridized carbons (Fsp3) is 0.650. The Hall–Kier alpha value is -1.27. The molecular weight excluding hydrogens is 514 g/mol. The minimum Gasteiger partial charge on any atom is -0.484 e. The van der Waals surface area contributed by atoms with Gasteiger partial charge in [-0.05, 0) is 37.0 Å². The Morgan fingerprint density at radius 1 is 1.23 bits per heavy atom. The van der Waals surface area contributed by atoms with E-state index in [0.29, 0.717) is 19.8 Å². The van der Waals surface area contributed by atoms with Gasteiger partial charge in [-0.25, -0.2) is 0 Å². The van der Waals surface area contributed by atoms with Gasteiger partial charge in [-0.2, -0.15) is 13.2 Å². The van der Waals surface area contributed by atoms with Crippen LogP contribution < -0.4 is 10.1 Å². The lowest BCUT2D eigenvalue weighted by Gasteiger charge is -2.34. The first-order chi connectivity index (χ1) is 13.9. The summed E-state index contributed by atoms with van der Waals surface area (Å²) in [6.45, 7) is 2.24. The van der Waals surface area contributed by atoms with Gasteiger partial charge < -0.3 is 24.4 Å². The Morgan fingerprint density at radius 2 is 1.97 bits per heavy atom. The number of halogens is 4. The molecule has 172 valence electrons. The average Bonchev–Trinajstić information content (AvgIpc) is 2.71. The van der Waals surface area contributed by atoms with E-state index >= 15 is 0 Å². The third-order valence-corrected chi connectivity index (χ3v) is 4.55. The van der Waals surface area contributed by atoms with Gasteiger partial charge in [-0.1, -0.05) is 12.1 Å². The maximum absolute atomic E-state index is 12.3. The molecule has 0 unspecified atom stereocenters. The number of hydrogen-bond acceptors (Lipinski definition) is 4. The zero-order valence-corrected chi connectivity index (χ0v) is 19.7. The molecule has 0 bridgehead atoms. The zero-order valence-electron chi connectivity index (χ0n) is 17.4. The van der Waals surface area contributed by atoms with Gasteiger partial charge in [0, 0.05) is 47.0 Å². The number of guanidine groups is 1. The fourth-order valence-corrected chi connectivity index (χ4v) is 3.11. The van der Waals surface area contributed by atoms with Crippen molar-refractivity contribution in [1.29, 1.82) is 0 Å². The van der Waals surface area contributed by atoms with Gasteiger partial charge in [0.1, 0.15) is 5.75 Å². The maximum atomic E-state index is 12.3. The highest BCUT2D eigenvalue weighted by Gasteiger charge is 2.28. The van der Waals surface area contributed by atoms with Gasteiger partial charge in [0.05, 0.1) is 6.10 Å². The van der Waals surface area contributed by atoms with E-state index in [1.54, 1.807) is 26.3 Å². The van der Waals surface area contributed by atoms with Crippen molar-refractivity contribution in [1.82, 2.24) is 10.2 Å². The molecule has 1 aliphatic heterocycles. The van der Waals surface area contributed by atoms with Crippen LogP contribution in [0.3, 0.4) is 0 Å². The van der Waals surface area contributed by atoms with Gasteiger partial charge in [0.15, 0.2) is 12.6 Å². The second-order valence-electron chi connectivity index (χ2n) is 6.86. The zero-order chi connectivity index (χ0) is 21.1. The number of methoxy groups -OCH3 is 1. The summed E-state index contributed by atoms with van der Waals surface area (Å²) in [6, 6.07) is 6.63. The van der Waals surface area contributed by atoms with Crippen LogP contribution in [0, 0.1) is 0 Å². The SMILES string of the molecule is CN=C(NCc1cccc(OCC(F)(F)F)c1)N1CCC(OCCCOC)CC1.I. The largest absolute Gasteiger partial charge is 0.484 e. The predicted molar refractivity (Wildman–Crippen MR) is 121 cm³/mol. The number of alkyl halides is 3. The van der Waals surface area contributed by atoms with Crippen molar-refractivity contribution in [2.75, 3.05) is 47.1 Å². The lowest BCUT2D eigenvalue weighted by molar-refractivity contribution is -0.153. The van der Waals surface area contributed by atoms with Crippen molar-refractivity contribution in [2.24, 2.45) is 4.99 Å². The highest BCUT2D eigenvalue weighted by atomic mass is 127. The number of ether oxygens (including phenoxy) is 3. The molecule has 0 aliphatic carbocycles. The molecule has 1 aliphatic rings. The minimum absolute atomic E-state index is 0. The van der Waals surface area contributed by atoms with E-state index in [4.69, 9.17) is 14.2 Å². The first kappa shape index (κ1) is 26.8. The molecule has 0 spiro atoms. The molecule has 30 heavy (non-hydrogen) atoms. The molecule has 1 aromatic carbocycles. The van der Waals surface area contributed by atoms with Crippen molar-refractivity contribution in [2.45, 2.75) is 38.1 Å². The standard InChI is InChI=1S/C20H30F3N3O3.HI/c1-24-19(26-9-7-17(8-10-26)28-12-4-11-27-2)25-14-16-5-3-6-18(13-16)29-15-20(21,22)23;/h3,5-6,13,17H,4,7-12,14-15H2,1-2H3,(H,24,25);1H. The predicted octanol–water partition coefficient (Wildman–Crippen LogP) is 3.84. The van der Waals surface area contributed by atoms with Crippen LogP contribution in [0.25, 0.3) is 0 Å². The monoisotopic (exact) mass is 545 g/mol. The van der Waals surface area contributed by atoms with E-state index in [0.717, 1.165) is 43.9 Å². The van der Waals surface area contributed by atoms with Crippen molar-refractivity contribution in [3.63, 3.8) is 0 Å². The van der Waals surface area contributed by atoms with E-state index in [2.05, 4.69) is 15.2 Å². The van der Waals surface area contributed by atoms with E-state index < -0.39 is 12.8 Å². The molecule has 2 rings (SSSR count). The number of likely N-dealkylation sites (tertiary alicyclic amines) is 1. The number of rotatable bonds is 9. The first-order valence-corrected chi connectivity index (χ1v) is 9.76. The molecule has 10 heteroatoms. The molecule has 1 fully saturated rings. The topological polar surface area (TPSA) is 55.3 Å². The third-order valence-electron chi connectivity index (χ3n) is 4.55. The first-order valence-electron chi connectivity index (χ1n) is 9.76. The van der Waals surface area contributed by atoms with E-state index in [9.17, 15) is 13.2 Å². The highest BCUT2D eigenvalue weighted by Crippen LogP contribution is 2.19. The summed E-state index contributed by atoms with van der Waals surface area (Å²) in [5.41, 5.74) is 0.821. The van der Waals surface area contributed by atoms with Crippen molar-refractivity contribution in [3.8, 4) is 5.75 Å². The van der Waals surface area contributed by atoms with Crippen LogP contribution in [0.1, 0.15) is 24.8 Å². The maximum Gasteiger partial charge on any atom is 0.422 e. The molecule has 0 aromatic heterocycles. The van der Waals surface area contributed by atoms with Crippen LogP contribution in [-0.4, -0.2) is 70.2 Å². The van der Waals surface area contributed by atoms with Crippen LogP contribution >= 0.6 is 24.0 Å². The molecule has 0 saturated carbocycles. The van der Waals surface area contributed by atoms with Crippen molar-refractivity contribution in [3.05, 3.63) is 29.8 Å². The fourth-order valence-electron chi connectivity index (χ4n) is 3.11.